The third kappa shape index (κ3) is 3.57. The second-order valence-corrected chi connectivity index (χ2v) is 11.9. The summed E-state index contributed by atoms with van der Waals surface area (Å²) in [5, 5.41) is 4.66. The Hall–Kier alpha value is -6.16. The van der Waals surface area contributed by atoms with Crippen LogP contribution in [0.4, 0.5) is 17.6 Å². The van der Waals surface area contributed by atoms with Crippen LogP contribution in [-0.2, 0) is 13.1 Å². The molecule has 232 valence electrons. The topological polar surface area (TPSA) is 74.8 Å². The van der Waals surface area contributed by atoms with Gasteiger partial charge < -0.3 is 0 Å². The average Bonchev–Trinajstić information content (AvgIpc) is 3.08. The number of rotatable bonds is 4. The van der Waals surface area contributed by atoms with Crippen molar-refractivity contribution >= 4 is 66.7 Å². The number of carbonyl (C=O) groups is 4. The van der Waals surface area contributed by atoms with E-state index >= 15 is 0 Å². The second-order valence-electron chi connectivity index (χ2n) is 11.9. The lowest BCUT2D eigenvalue weighted by molar-refractivity contribution is 0.0580. The molecule has 9 rings (SSSR count). The Balaban J connectivity index is 1.23. The number of fused-ring (bicyclic) bond motifs is 2. The van der Waals surface area contributed by atoms with E-state index in [9.17, 15) is 36.7 Å². The molecule has 0 aromatic heterocycles. The number of halogens is 4. The first-order valence-electron chi connectivity index (χ1n) is 14.9. The number of carbonyl (C=O) groups excluding carboxylic acids is 4. The van der Waals surface area contributed by atoms with Gasteiger partial charge in [0.05, 0.1) is 13.1 Å². The lowest BCUT2D eigenvalue weighted by Crippen LogP contribution is -2.40. The van der Waals surface area contributed by atoms with Crippen molar-refractivity contribution in [2.75, 3.05) is 0 Å². The third-order valence-corrected chi connectivity index (χ3v) is 9.56. The Morgan fingerprint density at radius 1 is 0.375 bits per heavy atom. The summed E-state index contributed by atoms with van der Waals surface area (Å²) in [6.07, 6.45) is 0. The maximum atomic E-state index is 14.5. The van der Waals surface area contributed by atoms with Gasteiger partial charge in [0, 0.05) is 44.2 Å². The smallest absolute Gasteiger partial charge is 0.261 e. The molecule has 7 aromatic carbocycles. The molecule has 0 saturated heterocycles. The van der Waals surface area contributed by atoms with E-state index in [4.69, 9.17) is 0 Å². The lowest BCUT2D eigenvalue weighted by atomic mass is 9.82. The molecule has 0 spiro atoms. The predicted molar refractivity (Wildman–Crippen MR) is 169 cm³/mol. The zero-order valence-electron chi connectivity index (χ0n) is 24.5. The molecule has 10 heteroatoms. The fourth-order valence-electron chi connectivity index (χ4n) is 7.34. The summed E-state index contributed by atoms with van der Waals surface area (Å²) in [6.45, 7) is -1.17. The second kappa shape index (κ2) is 9.68. The largest absolute Gasteiger partial charge is 0.270 e. The molecule has 6 nitrogen and oxygen atoms in total. The van der Waals surface area contributed by atoms with Crippen molar-refractivity contribution in [1.82, 2.24) is 9.80 Å². The van der Waals surface area contributed by atoms with Crippen molar-refractivity contribution in [3.8, 4) is 0 Å². The van der Waals surface area contributed by atoms with Gasteiger partial charge in [-0.3, -0.25) is 29.0 Å². The summed E-state index contributed by atoms with van der Waals surface area (Å²) < 4.78 is 58.1. The van der Waals surface area contributed by atoms with Gasteiger partial charge in [-0.1, -0.05) is 36.4 Å². The highest BCUT2D eigenvalue weighted by Crippen LogP contribution is 2.46. The minimum atomic E-state index is -0.872. The van der Waals surface area contributed by atoms with E-state index in [0.717, 1.165) is 34.1 Å². The molecule has 0 fully saturated rings. The highest BCUT2D eigenvalue weighted by molar-refractivity contribution is 6.41. The first-order chi connectivity index (χ1) is 23.2. The molecular weight excluding hydrogens is 624 g/mol. The van der Waals surface area contributed by atoms with E-state index in [1.807, 2.05) is 0 Å². The fraction of sp³-hybridized carbons (Fsp3) is 0.0526. The van der Waals surface area contributed by atoms with Crippen molar-refractivity contribution < 1.29 is 36.7 Å². The van der Waals surface area contributed by atoms with Crippen molar-refractivity contribution in [2.45, 2.75) is 13.1 Å². The maximum Gasteiger partial charge on any atom is 0.261 e. The van der Waals surface area contributed by atoms with Crippen molar-refractivity contribution in [1.29, 1.82) is 0 Å². The number of nitrogens with zero attached hydrogens (tertiary/aromatic N) is 2. The Labute approximate surface area is 267 Å². The molecule has 48 heavy (non-hydrogen) atoms. The molecule has 2 aliphatic heterocycles. The van der Waals surface area contributed by atoms with Crippen LogP contribution < -0.4 is 0 Å². The number of imide groups is 2. The molecule has 0 aliphatic carbocycles. The number of amides is 4. The van der Waals surface area contributed by atoms with Crippen molar-refractivity contribution in [3.05, 3.63) is 142 Å². The van der Waals surface area contributed by atoms with Gasteiger partial charge in [-0.05, 0) is 80.8 Å². The van der Waals surface area contributed by atoms with E-state index in [-0.39, 0.29) is 22.3 Å². The van der Waals surface area contributed by atoms with Gasteiger partial charge in [0.2, 0.25) is 0 Å². The molecule has 0 N–H and O–H groups in total. The minimum Gasteiger partial charge on any atom is -0.270 e. The van der Waals surface area contributed by atoms with Crippen LogP contribution in [0.5, 0.6) is 0 Å². The Morgan fingerprint density at radius 3 is 0.917 bits per heavy atom. The van der Waals surface area contributed by atoms with Crippen molar-refractivity contribution in [3.63, 3.8) is 0 Å². The van der Waals surface area contributed by atoms with E-state index in [2.05, 4.69) is 0 Å². The van der Waals surface area contributed by atoms with Gasteiger partial charge in [-0.15, -0.1) is 0 Å². The van der Waals surface area contributed by atoms with Crippen LogP contribution in [0.1, 0.15) is 52.6 Å². The first-order valence-corrected chi connectivity index (χ1v) is 14.9. The summed E-state index contributed by atoms with van der Waals surface area (Å²) in [5.41, 5.74) is -0.0308. The average molecular weight is 643 g/mol. The summed E-state index contributed by atoms with van der Waals surface area (Å²) in [6, 6.07) is 19.8. The fourth-order valence-corrected chi connectivity index (χ4v) is 7.34. The van der Waals surface area contributed by atoms with Crippen LogP contribution in [0.2, 0.25) is 0 Å². The van der Waals surface area contributed by atoms with Crippen LogP contribution in [0, 0.1) is 23.3 Å². The molecule has 2 aliphatic rings. The maximum absolute atomic E-state index is 14.5. The zero-order chi connectivity index (χ0) is 33.2. The van der Waals surface area contributed by atoms with E-state index in [0.29, 0.717) is 43.1 Å². The molecule has 0 bridgehead atoms. The molecule has 0 unspecified atom stereocenters. The predicted octanol–water partition coefficient (Wildman–Crippen LogP) is 7.89. The summed E-state index contributed by atoms with van der Waals surface area (Å²) in [5.74, 6) is -6.28. The normalized spacial score (nSPS) is 14.5. The van der Waals surface area contributed by atoms with Crippen LogP contribution in [-0.4, -0.2) is 33.4 Å². The highest BCUT2D eigenvalue weighted by atomic mass is 19.1. The number of benzene rings is 7. The van der Waals surface area contributed by atoms with Gasteiger partial charge >= 0.3 is 0 Å². The lowest BCUT2D eigenvalue weighted by Gasteiger charge is -2.30. The van der Waals surface area contributed by atoms with Crippen LogP contribution in [0.15, 0.2) is 84.9 Å². The van der Waals surface area contributed by atoms with Crippen molar-refractivity contribution in [2.24, 2.45) is 0 Å². The highest BCUT2D eigenvalue weighted by Gasteiger charge is 2.38. The molecule has 4 amide bonds. The Bertz CT molecular complexity index is 2330. The molecule has 0 radical (unpaired) electrons. The van der Waals surface area contributed by atoms with Crippen LogP contribution >= 0.6 is 0 Å². The van der Waals surface area contributed by atoms with E-state index in [1.54, 1.807) is 48.5 Å². The van der Waals surface area contributed by atoms with Gasteiger partial charge in [0.1, 0.15) is 23.3 Å². The van der Waals surface area contributed by atoms with E-state index in [1.165, 1.54) is 12.1 Å². The Kier molecular flexibility index (Phi) is 5.66. The van der Waals surface area contributed by atoms with Gasteiger partial charge in [0.15, 0.2) is 0 Å². The Morgan fingerprint density at radius 2 is 0.646 bits per heavy atom. The van der Waals surface area contributed by atoms with Gasteiger partial charge in [0.25, 0.3) is 23.6 Å². The summed E-state index contributed by atoms with van der Waals surface area (Å²) in [7, 11) is 0. The van der Waals surface area contributed by atoms with Crippen LogP contribution in [0.3, 0.4) is 0 Å². The van der Waals surface area contributed by atoms with E-state index < -0.39 is 71.1 Å². The zero-order valence-corrected chi connectivity index (χ0v) is 24.5. The first kappa shape index (κ1) is 28.1. The molecule has 7 aromatic rings. The quantitative estimate of drug-likeness (QED) is 0.0848. The summed E-state index contributed by atoms with van der Waals surface area (Å²) in [4.78, 5) is 56.7. The van der Waals surface area contributed by atoms with Gasteiger partial charge in [-0.25, -0.2) is 17.6 Å². The third-order valence-electron chi connectivity index (χ3n) is 9.56. The molecule has 0 atom stereocenters. The molecule has 0 saturated carbocycles. The monoisotopic (exact) mass is 642 g/mol. The minimum absolute atomic E-state index is 0.192. The van der Waals surface area contributed by atoms with Crippen LogP contribution in [0.25, 0.3) is 43.1 Å². The number of hydrogen-bond acceptors (Lipinski definition) is 4. The standard InChI is InChI=1S/C38H18F4N2O4/c39-27-3-1-4-28(40)25(27)15-43-35(45)21-11-7-17-19-9-13-23-34-24(38(48)44(37(23)47)16-26-29(41)5-2-6-30(26)42)14-10-20(32(19)34)18-8-12-22(36(43)46)33(21)31(17)18/h1-14H,15-16H2. The molecular formula is C38H18F4N2O4. The summed E-state index contributed by atoms with van der Waals surface area (Å²) >= 11 is 0. The molecule has 2 heterocycles. The number of hydrogen-bond donors (Lipinski definition) is 0. The SMILES string of the molecule is O=C1c2ccc3c4ccc5c6c(ccc(c7ccc(c2c37)C(=O)N1Cc1c(F)cccc1F)c64)C(=O)N(Cc1c(F)cccc1F)C5=O. The van der Waals surface area contributed by atoms with Gasteiger partial charge in [-0.2, -0.15) is 0 Å².